The lowest BCUT2D eigenvalue weighted by atomic mass is 10.0. The number of hydrogen-bond acceptors (Lipinski definition) is 2. The van der Waals surface area contributed by atoms with Crippen molar-refractivity contribution in [3.8, 4) is 0 Å². The Morgan fingerprint density at radius 2 is 2.20 bits per heavy atom. The van der Waals surface area contributed by atoms with E-state index < -0.39 is 0 Å². The maximum Gasteiger partial charge on any atom is 0.0611 e. The fourth-order valence-corrected chi connectivity index (χ4v) is 2.35. The summed E-state index contributed by atoms with van der Waals surface area (Å²) in [5.41, 5.74) is 4.12. The van der Waals surface area contributed by atoms with Crippen molar-refractivity contribution in [1.82, 2.24) is 0 Å². The quantitative estimate of drug-likeness (QED) is 0.797. The van der Waals surface area contributed by atoms with Gasteiger partial charge in [-0.2, -0.15) is 0 Å². The molecule has 1 heterocycles. The van der Waals surface area contributed by atoms with Gasteiger partial charge < -0.3 is 10.2 Å². The fraction of sp³-hybridized carbons (Fsp3) is 0.538. The van der Waals surface area contributed by atoms with Gasteiger partial charge in [-0.15, -0.1) is 0 Å². The van der Waals surface area contributed by atoms with Crippen LogP contribution in [0.25, 0.3) is 0 Å². The molecule has 0 aromatic heterocycles. The van der Waals surface area contributed by atoms with E-state index in [2.05, 4.69) is 49.3 Å². The third kappa shape index (κ3) is 1.69. The van der Waals surface area contributed by atoms with Gasteiger partial charge in [0.05, 0.1) is 11.4 Å². The summed E-state index contributed by atoms with van der Waals surface area (Å²) in [6.07, 6.45) is 2.29. The van der Waals surface area contributed by atoms with Gasteiger partial charge in [-0.25, -0.2) is 0 Å². The van der Waals surface area contributed by atoms with Crippen molar-refractivity contribution in [2.24, 2.45) is 0 Å². The summed E-state index contributed by atoms with van der Waals surface area (Å²) < 4.78 is 0. The largest absolute Gasteiger partial charge is 0.381 e. The molecule has 1 aromatic carbocycles. The number of aryl methyl sites for hydroxylation is 1. The normalized spacial score (nSPS) is 19.7. The molecule has 0 radical (unpaired) electrons. The van der Waals surface area contributed by atoms with Gasteiger partial charge in [-0.1, -0.05) is 26.0 Å². The molecule has 0 bridgehead atoms. The van der Waals surface area contributed by atoms with Crippen LogP contribution in [0.3, 0.4) is 0 Å². The number of nitrogens with zero attached hydrogens (tertiary/aromatic N) is 1. The van der Waals surface area contributed by atoms with Crippen LogP contribution in [0.2, 0.25) is 0 Å². The Morgan fingerprint density at radius 3 is 2.87 bits per heavy atom. The molecule has 1 atom stereocenters. The zero-order chi connectivity index (χ0) is 10.8. The third-order valence-electron chi connectivity index (χ3n) is 3.42. The van der Waals surface area contributed by atoms with Crippen LogP contribution < -0.4 is 10.2 Å². The lowest BCUT2D eigenvalue weighted by molar-refractivity contribution is 0.621. The summed E-state index contributed by atoms with van der Waals surface area (Å²) in [5.74, 6) is 0. The highest BCUT2D eigenvalue weighted by atomic mass is 15.2. The molecule has 2 rings (SSSR count). The van der Waals surface area contributed by atoms with Crippen molar-refractivity contribution in [2.75, 3.05) is 23.8 Å². The molecule has 2 nitrogen and oxygen atoms in total. The Morgan fingerprint density at radius 1 is 1.40 bits per heavy atom. The van der Waals surface area contributed by atoms with E-state index in [0.717, 1.165) is 13.0 Å². The van der Waals surface area contributed by atoms with Gasteiger partial charge in [-0.3, -0.25) is 0 Å². The number of likely N-dealkylation sites (N-methyl/N-ethyl adjacent to an activating group) is 1. The molecule has 1 aliphatic heterocycles. The first-order valence-electron chi connectivity index (χ1n) is 5.86. The van der Waals surface area contributed by atoms with Gasteiger partial charge in [-0.05, 0) is 24.5 Å². The average Bonchev–Trinajstić information content (AvgIpc) is 2.29. The maximum absolute atomic E-state index is 3.57. The molecule has 2 heteroatoms. The zero-order valence-corrected chi connectivity index (χ0v) is 9.88. The topological polar surface area (TPSA) is 15.3 Å². The van der Waals surface area contributed by atoms with E-state index in [0.29, 0.717) is 6.04 Å². The molecular weight excluding hydrogens is 184 g/mol. The van der Waals surface area contributed by atoms with Crippen LogP contribution >= 0.6 is 0 Å². The summed E-state index contributed by atoms with van der Waals surface area (Å²) >= 11 is 0. The highest BCUT2D eigenvalue weighted by Gasteiger charge is 2.22. The van der Waals surface area contributed by atoms with Crippen LogP contribution in [0, 0.1) is 0 Å². The van der Waals surface area contributed by atoms with Crippen LogP contribution in [0.4, 0.5) is 11.4 Å². The van der Waals surface area contributed by atoms with Gasteiger partial charge >= 0.3 is 0 Å². The van der Waals surface area contributed by atoms with Crippen molar-refractivity contribution in [2.45, 2.75) is 32.7 Å². The average molecular weight is 204 g/mol. The summed E-state index contributed by atoms with van der Waals surface area (Å²) in [4.78, 5) is 2.41. The Bertz CT molecular complexity index is 346. The molecule has 0 aliphatic carbocycles. The smallest absolute Gasteiger partial charge is 0.0611 e. The number of nitrogens with one attached hydrogen (secondary N) is 1. The van der Waals surface area contributed by atoms with Crippen LogP contribution in [0.5, 0.6) is 0 Å². The molecule has 0 spiro atoms. The van der Waals surface area contributed by atoms with Gasteiger partial charge in [0.15, 0.2) is 0 Å². The van der Waals surface area contributed by atoms with E-state index >= 15 is 0 Å². The molecule has 1 N–H and O–H groups in total. The summed E-state index contributed by atoms with van der Waals surface area (Å²) in [5, 5.41) is 3.57. The second-order valence-corrected chi connectivity index (χ2v) is 4.22. The molecule has 1 aromatic rings. The molecule has 0 saturated carbocycles. The molecule has 0 saturated heterocycles. The maximum atomic E-state index is 3.57. The number of anilines is 2. The highest BCUT2D eigenvalue weighted by Crippen LogP contribution is 2.34. The number of hydrogen-bond donors (Lipinski definition) is 1. The summed E-state index contributed by atoms with van der Waals surface area (Å²) in [7, 11) is 2.20. The predicted octanol–water partition coefficient (Wildman–Crippen LogP) is 2.89. The Labute approximate surface area is 92.3 Å². The van der Waals surface area contributed by atoms with Gasteiger partial charge in [0.1, 0.15) is 0 Å². The van der Waals surface area contributed by atoms with E-state index in [4.69, 9.17) is 0 Å². The van der Waals surface area contributed by atoms with E-state index in [-0.39, 0.29) is 0 Å². The van der Waals surface area contributed by atoms with Crippen LogP contribution in [0.15, 0.2) is 18.2 Å². The van der Waals surface area contributed by atoms with Crippen molar-refractivity contribution in [3.63, 3.8) is 0 Å². The Hall–Kier alpha value is -1.18. The first kappa shape index (κ1) is 10.3. The van der Waals surface area contributed by atoms with E-state index in [9.17, 15) is 0 Å². The fourth-order valence-electron chi connectivity index (χ4n) is 2.35. The first-order chi connectivity index (χ1) is 7.27. The second-order valence-electron chi connectivity index (χ2n) is 4.22. The van der Waals surface area contributed by atoms with Crippen molar-refractivity contribution in [1.29, 1.82) is 0 Å². The van der Waals surface area contributed by atoms with E-state index in [1.165, 1.54) is 23.4 Å². The number of rotatable bonds is 2. The van der Waals surface area contributed by atoms with Gasteiger partial charge in [0.2, 0.25) is 0 Å². The monoisotopic (exact) mass is 204 g/mol. The summed E-state index contributed by atoms with van der Waals surface area (Å²) in [6, 6.07) is 7.22. The van der Waals surface area contributed by atoms with Crippen molar-refractivity contribution >= 4 is 11.4 Å². The summed E-state index contributed by atoms with van der Waals surface area (Å²) in [6.45, 7) is 5.53. The minimum atomic E-state index is 0.629. The third-order valence-corrected chi connectivity index (χ3v) is 3.42. The second kappa shape index (κ2) is 4.13. The lowest BCUT2D eigenvalue weighted by Gasteiger charge is -2.37. The lowest BCUT2D eigenvalue weighted by Crippen LogP contribution is -2.41. The van der Waals surface area contributed by atoms with Crippen LogP contribution in [-0.2, 0) is 6.42 Å². The molecule has 1 unspecified atom stereocenters. The Balaban J connectivity index is 2.40. The van der Waals surface area contributed by atoms with Crippen molar-refractivity contribution < 1.29 is 0 Å². The van der Waals surface area contributed by atoms with Crippen molar-refractivity contribution in [3.05, 3.63) is 23.8 Å². The zero-order valence-electron chi connectivity index (χ0n) is 9.88. The standard InChI is InChI=1S/C13H20N2/c1-4-10-7-6-8-12-13(10)14-9-11(5-2)15(12)3/h6-8,11,14H,4-5,9H2,1-3H3. The first-order valence-corrected chi connectivity index (χ1v) is 5.86. The van der Waals surface area contributed by atoms with E-state index in [1.807, 2.05) is 0 Å². The van der Waals surface area contributed by atoms with Gasteiger partial charge in [0.25, 0.3) is 0 Å². The van der Waals surface area contributed by atoms with Gasteiger partial charge in [0, 0.05) is 19.6 Å². The Kier molecular flexibility index (Phi) is 2.85. The molecule has 1 aliphatic rings. The van der Waals surface area contributed by atoms with E-state index in [1.54, 1.807) is 0 Å². The molecule has 0 amide bonds. The number of fused-ring (bicyclic) bond motifs is 1. The molecular formula is C13H20N2. The molecule has 82 valence electrons. The number of benzene rings is 1. The minimum absolute atomic E-state index is 0.629. The van der Waals surface area contributed by atoms with Crippen LogP contribution in [0.1, 0.15) is 25.8 Å². The molecule has 0 fully saturated rings. The number of para-hydroxylation sites is 1. The van der Waals surface area contributed by atoms with Crippen LogP contribution in [-0.4, -0.2) is 19.6 Å². The highest BCUT2D eigenvalue weighted by molar-refractivity contribution is 5.75. The predicted molar refractivity (Wildman–Crippen MR) is 66.8 cm³/mol. The minimum Gasteiger partial charge on any atom is -0.381 e. The SMILES string of the molecule is CCc1cccc2c1NCC(CC)N2C. The molecule has 15 heavy (non-hydrogen) atoms.